The maximum absolute atomic E-state index is 9.16. The first-order valence-electron chi connectivity index (χ1n) is 6.59. The van der Waals surface area contributed by atoms with Gasteiger partial charge in [-0.1, -0.05) is 35.9 Å². The highest BCUT2D eigenvalue weighted by molar-refractivity contribution is 5.82. The Morgan fingerprint density at radius 2 is 2.00 bits per heavy atom. The molecule has 0 bridgehead atoms. The molecule has 0 aliphatic carbocycles. The van der Waals surface area contributed by atoms with Gasteiger partial charge in [-0.3, -0.25) is 0 Å². The lowest BCUT2D eigenvalue weighted by Gasteiger charge is -2.03. The Labute approximate surface area is 118 Å². The Morgan fingerprint density at radius 3 is 2.75 bits per heavy atom. The second kappa shape index (κ2) is 4.82. The van der Waals surface area contributed by atoms with Crippen molar-refractivity contribution in [2.75, 3.05) is 0 Å². The molecular formula is C17H15N3. The first-order valence-corrected chi connectivity index (χ1v) is 6.59. The molecule has 0 aliphatic rings. The quantitative estimate of drug-likeness (QED) is 0.710. The summed E-state index contributed by atoms with van der Waals surface area (Å²) in [5.41, 5.74) is 4.92. The molecular weight excluding hydrogens is 246 g/mol. The summed E-state index contributed by atoms with van der Waals surface area (Å²) >= 11 is 0. The molecule has 0 N–H and O–H groups in total. The average Bonchev–Trinajstić information content (AvgIpc) is 2.76. The molecule has 1 heterocycles. The number of imidazole rings is 1. The van der Waals surface area contributed by atoms with Gasteiger partial charge in [-0.15, -0.1) is 0 Å². The second-order valence-corrected chi connectivity index (χ2v) is 5.04. The lowest BCUT2D eigenvalue weighted by Crippen LogP contribution is -1.99. The fourth-order valence-corrected chi connectivity index (χ4v) is 2.52. The molecule has 2 aromatic carbocycles. The monoisotopic (exact) mass is 261 g/mol. The van der Waals surface area contributed by atoms with Crippen molar-refractivity contribution in [3.05, 3.63) is 65.0 Å². The summed E-state index contributed by atoms with van der Waals surface area (Å²) in [5, 5.41) is 9.16. The number of nitrogens with zero attached hydrogens (tertiary/aromatic N) is 3. The van der Waals surface area contributed by atoms with E-state index < -0.39 is 0 Å². The molecule has 0 saturated carbocycles. The van der Waals surface area contributed by atoms with Crippen LogP contribution in [0.2, 0.25) is 0 Å². The van der Waals surface area contributed by atoms with Crippen LogP contribution in [0, 0.1) is 18.3 Å². The van der Waals surface area contributed by atoms with E-state index >= 15 is 0 Å². The third-order valence-electron chi connectivity index (χ3n) is 3.57. The Kier molecular flexibility index (Phi) is 3.00. The van der Waals surface area contributed by atoms with E-state index in [4.69, 9.17) is 5.26 Å². The molecule has 20 heavy (non-hydrogen) atoms. The molecule has 3 aromatic rings. The van der Waals surface area contributed by atoms with Gasteiger partial charge in [0, 0.05) is 13.5 Å². The van der Waals surface area contributed by atoms with E-state index in [-0.39, 0.29) is 0 Å². The van der Waals surface area contributed by atoms with E-state index in [0.29, 0.717) is 5.56 Å². The standard InChI is InChI=1S/C17H15N3/c1-12-5-3-6-13(9-12)10-16-19-17-14(11-18)7-4-8-15(17)20(16)2/h3-9H,10H2,1-2H3. The Balaban J connectivity index is 2.09. The Hall–Kier alpha value is -2.60. The number of aromatic nitrogens is 2. The second-order valence-electron chi connectivity index (χ2n) is 5.04. The van der Waals surface area contributed by atoms with Gasteiger partial charge < -0.3 is 4.57 Å². The number of hydrogen-bond donors (Lipinski definition) is 0. The van der Waals surface area contributed by atoms with Crippen LogP contribution in [-0.2, 0) is 13.5 Å². The van der Waals surface area contributed by atoms with Crippen LogP contribution in [-0.4, -0.2) is 9.55 Å². The van der Waals surface area contributed by atoms with Gasteiger partial charge in [0.2, 0.25) is 0 Å². The first kappa shape index (κ1) is 12.4. The van der Waals surface area contributed by atoms with E-state index in [1.165, 1.54) is 11.1 Å². The van der Waals surface area contributed by atoms with Gasteiger partial charge in [-0.05, 0) is 24.6 Å². The van der Waals surface area contributed by atoms with Crippen molar-refractivity contribution in [3.8, 4) is 6.07 Å². The summed E-state index contributed by atoms with van der Waals surface area (Å²) in [5.74, 6) is 0.980. The Morgan fingerprint density at radius 1 is 1.20 bits per heavy atom. The highest BCUT2D eigenvalue weighted by Gasteiger charge is 2.11. The molecule has 0 radical (unpaired) electrons. The summed E-state index contributed by atoms with van der Waals surface area (Å²) in [6.07, 6.45) is 0.776. The summed E-state index contributed by atoms with van der Waals surface area (Å²) in [6.45, 7) is 2.09. The number of hydrogen-bond acceptors (Lipinski definition) is 2. The van der Waals surface area contributed by atoms with Crippen molar-refractivity contribution < 1.29 is 0 Å². The third kappa shape index (κ3) is 2.06. The van der Waals surface area contributed by atoms with Crippen LogP contribution in [0.5, 0.6) is 0 Å². The molecule has 0 fully saturated rings. The Bertz CT molecular complexity index is 822. The third-order valence-corrected chi connectivity index (χ3v) is 3.57. The molecule has 0 aliphatic heterocycles. The summed E-state index contributed by atoms with van der Waals surface area (Å²) in [4.78, 5) is 4.65. The number of nitriles is 1. The fourth-order valence-electron chi connectivity index (χ4n) is 2.52. The lowest BCUT2D eigenvalue weighted by molar-refractivity contribution is 0.844. The SMILES string of the molecule is Cc1cccc(Cc2nc3c(C#N)cccc3n2C)c1. The zero-order valence-electron chi connectivity index (χ0n) is 11.6. The molecule has 0 spiro atoms. The maximum atomic E-state index is 9.16. The molecule has 3 nitrogen and oxygen atoms in total. The van der Waals surface area contributed by atoms with Crippen molar-refractivity contribution in [1.82, 2.24) is 9.55 Å². The van der Waals surface area contributed by atoms with Crippen molar-refractivity contribution in [1.29, 1.82) is 5.26 Å². The van der Waals surface area contributed by atoms with E-state index in [1.54, 1.807) is 0 Å². The van der Waals surface area contributed by atoms with Gasteiger partial charge in [0.05, 0.1) is 11.1 Å². The highest BCUT2D eigenvalue weighted by Crippen LogP contribution is 2.20. The van der Waals surface area contributed by atoms with E-state index in [0.717, 1.165) is 23.3 Å². The van der Waals surface area contributed by atoms with Crippen LogP contribution in [0.3, 0.4) is 0 Å². The van der Waals surface area contributed by atoms with Gasteiger partial charge in [0.25, 0.3) is 0 Å². The lowest BCUT2D eigenvalue weighted by atomic mass is 10.1. The molecule has 3 rings (SSSR count). The van der Waals surface area contributed by atoms with Crippen LogP contribution in [0.1, 0.15) is 22.5 Å². The predicted molar refractivity (Wildman–Crippen MR) is 79.4 cm³/mol. The minimum Gasteiger partial charge on any atom is -0.331 e. The van der Waals surface area contributed by atoms with Crippen molar-refractivity contribution >= 4 is 11.0 Å². The number of fused-ring (bicyclic) bond motifs is 1. The van der Waals surface area contributed by atoms with Crippen LogP contribution in [0.4, 0.5) is 0 Å². The molecule has 3 heteroatoms. The zero-order chi connectivity index (χ0) is 14.1. The van der Waals surface area contributed by atoms with Gasteiger partial charge in [-0.2, -0.15) is 5.26 Å². The van der Waals surface area contributed by atoms with Gasteiger partial charge >= 0.3 is 0 Å². The normalized spacial score (nSPS) is 10.7. The summed E-state index contributed by atoms with van der Waals surface area (Å²) in [7, 11) is 2.00. The molecule has 0 unspecified atom stereocenters. The van der Waals surface area contributed by atoms with Crippen molar-refractivity contribution in [2.45, 2.75) is 13.3 Å². The van der Waals surface area contributed by atoms with Crippen LogP contribution < -0.4 is 0 Å². The minimum absolute atomic E-state index is 0.633. The van der Waals surface area contributed by atoms with Gasteiger partial charge in [0.1, 0.15) is 17.4 Å². The number of aryl methyl sites for hydroxylation is 2. The molecule has 98 valence electrons. The fraction of sp³-hybridized carbons (Fsp3) is 0.176. The van der Waals surface area contributed by atoms with E-state index in [1.807, 2.05) is 25.2 Å². The maximum Gasteiger partial charge on any atom is 0.114 e. The molecule has 0 amide bonds. The zero-order valence-corrected chi connectivity index (χ0v) is 11.6. The molecule has 0 saturated heterocycles. The van der Waals surface area contributed by atoms with Gasteiger partial charge in [0.15, 0.2) is 0 Å². The topological polar surface area (TPSA) is 41.6 Å². The summed E-state index contributed by atoms with van der Waals surface area (Å²) < 4.78 is 2.07. The van der Waals surface area contributed by atoms with Crippen LogP contribution >= 0.6 is 0 Å². The van der Waals surface area contributed by atoms with Crippen molar-refractivity contribution in [3.63, 3.8) is 0 Å². The summed E-state index contributed by atoms with van der Waals surface area (Å²) in [6, 6.07) is 16.4. The van der Waals surface area contributed by atoms with Gasteiger partial charge in [-0.25, -0.2) is 4.98 Å². The average molecular weight is 261 g/mol. The van der Waals surface area contributed by atoms with Crippen molar-refractivity contribution in [2.24, 2.45) is 7.05 Å². The first-order chi connectivity index (χ1) is 9.69. The smallest absolute Gasteiger partial charge is 0.114 e. The largest absolute Gasteiger partial charge is 0.331 e. The predicted octanol–water partition coefficient (Wildman–Crippen LogP) is 3.34. The number of rotatable bonds is 2. The number of para-hydroxylation sites is 1. The minimum atomic E-state index is 0.633. The molecule has 1 aromatic heterocycles. The molecule has 0 atom stereocenters. The van der Waals surface area contributed by atoms with Crippen LogP contribution in [0.15, 0.2) is 42.5 Å². The van der Waals surface area contributed by atoms with Crippen LogP contribution in [0.25, 0.3) is 11.0 Å². The van der Waals surface area contributed by atoms with E-state index in [9.17, 15) is 0 Å². The van der Waals surface area contributed by atoms with E-state index in [2.05, 4.69) is 46.8 Å². The number of benzene rings is 2. The highest BCUT2D eigenvalue weighted by atomic mass is 15.1.